The number of nitrogens with zero attached hydrogens (tertiary/aromatic N) is 2. The minimum atomic E-state index is -1.04. The van der Waals surface area contributed by atoms with Gasteiger partial charge in [0.25, 0.3) is 5.91 Å². The molecule has 1 saturated heterocycles. The average molecular weight is 562 g/mol. The van der Waals surface area contributed by atoms with Crippen molar-refractivity contribution in [3.05, 3.63) is 149 Å². The normalized spacial score (nSPS) is 14.3. The Hall–Kier alpha value is -4.56. The van der Waals surface area contributed by atoms with E-state index in [2.05, 4.69) is 15.5 Å². The first-order valence-electron chi connectivity index (χ1n) is 14.1. The lowest BCUT2D eigenvalue weighted by Crippen LogP contribution is -2.40. The molecule has 0 spiro atoms. The number of ether oxygens (including phenoxy) is 1. The second kappa shape index (κ2) is 14.9. The molecule has 0 saturated carbocycles. The molecule has 4 aromatic carbocycles. The van der Waals surface area contributed by atoms with Crippen LogP contribution in [0.3, 0.4) is 0 Å². The number of oxime groups is 1. The number of hydrogen-bond donors (Lipinski definition) is 1. The number of hydroxylamine groups is 1. The van der Waals surface area contributed by atoms with Gasteiger partial charge in [-0.2, -0.15) is 0 Å². The highest BCUT2D eigenvalue weighted by Crippen LogP contribution is 2.39. The van der Waals surface area contributed by atoms with Gasteiger partial charge in [0.1, 0.15) is 6.61 Å². The maximum Gasteiger partial charge on any atom is 0.267 e. The van der Waals surface area contributed by atoms with E-state index in [0.29, 0.717) is 6.61 Å². The number of rotatable bonds is 12. The van der Waals surface area contributed by atoms with Crippen LogP contribution in [0.1, 0.15) is 27.8 Å². The van der Waals surface area contributed by atoms with Gasteiger partial charge in [-0.25, -0.2) is 5.48 Å². The summed E-state index contributed by atoms with van der Waals surface area (Å²) in [6, 6.07) is 37.4. The Balaban J connectivity index is 1.22. The Morgan fingerprint density at radius 3 is 1.86 bits per heavy atom. The van der Waals surface area contributed by atoms with Crippen LogP contribution < -0.4 is 5.48 Å². The molecule has 1 fully saturated rings. The van der Waals surface area contributed by atoms with Crippen LogP contribution in [0.15, 0.2) is 126 Å². The summed E-state index contributed by atoms with van der Waals surface area (Å²) in [5, 5.41) is 4.07. The molecule has 7 nitrogen and oxygen atoms in total. The fraction of sp³-hybridized carbons (Fsp3) is 0.200. The van der Waals surface area contributed by atoms with E-state index in [1.54, 1.807) is 12.3 Å². The maximum atomic E-state index is 13.0. The smallest absolute Gasteiger partial charge is 0.267 e. The van der Waals surface area contributed by atoms with Crippen LogP contribution in [0.2, 0.25) is 0 Å². The molecule has 1 amide bonds. The minimum Gasteiger partial charge on any atom is -0.394 e. The summed E-state index contributed by atoms with van der Waals surface area (Å²) >= 11 is 0. The Kier molecular flexibility index (Phi) is 10.3. The molecule has 0 aliphatic carbocycles. The van der Waals surface area contributed by atoms with Crippen LogP contribution in [0, 0.1) is 0 Å². The van der Waals surface area contributed by atoms with E-state index in [0.717, 1.165) is 60.7 Å². The van der Waals surface area contributed by atoms with Crippen LogP contribution in [-0.4, -0.2) is 56.5 Å². The van der Waals surface area contributed by atoms with E-state index in [-0.39, 0.29) is 5.91 Å². The van der Waals surface area contributed by atoms with Crippen molar-refractivity contribution < 1.29 is 19.2 Å². The first-order chi connectivity index (χ1) is 20.7. The highest BCUT2D eigenvalue weighted by molar-refractivity contribution is 5.91. The lowest BCUT2D eigenvalue weighted by atomic mass is 9.80. The Morgan fingerprint density at radius 1 is 0.786 bits per heavy atom. The number of carbonyl (C=O) groups excluding carboxylic acids is 1. The monoisotopic (exact) mass is 561 g/mol. The third kappa shape index (κ3) is 7.59. The Morgan fingerprint density at radius 2 is 1.31 bits per heavy atom. The Labute approximate surface area is 247 Å². The summed E-state index contributed by atoms with van der Waals surface area (Å²) in [6.07, 6.45) is 4.89. The lowest BCUT2D eigenvalue weighted by molar-refractivity contribution is -0.138. The van der Waals surface area contributed by atoms with Crippen molar-refractivity contribution in [3.8, 4) is 0 Å². The predicted molar refractivity (Wildman–Crippen MR) is 165 cm³/mol. The van der Waals surface area contributed by atoms with Crippen molar-refractivity contribution in [2.24, 2.45) is 5.16 Å². The highest BCUT2D eigenvalue weighted by Gasteiger charge is 2.38. The fourth-order valence-electron chi connectivity index (χ4n) is 4.87. The standard InChI is InChI=1S/C35H35N3O4/c39-34(21-20-29-16-18-30(19-17-29)28-36-41-27-24-38-22-25-40-26-23-38)37-42-35(31-10-4-1-5-11-31,32-12-6-2-7-13-32)33-14-8-3-9-15-33/h1-21,28H,22-27H2,(H,37,39). The molecule has 1 aliphatic heterocycles. The van der Waals surface area contributed by atoms with Gasteiger partial charge in [0, 0.05) is 25.7 Å². The van der Waals surface area contributed by atoms with Crippen LogP contribution in [0.5, 0.6) is 0 Å². The van der Waals surface area contributed by atoms with Crippen molar-refractivity contribution >= 4 is 18.2 Å². The van der Waals surface area contributed by atoms with E-state index in [1.165, 1.54) is 6.08 Å². The summed E-state index contributed by atoms with van der Waals surface area (Å²) in [5.41, 5.74) is 6.12. The second-order valence-electron chi connectivity index (χ2n) is 9.87. The van der Waals surface area contributed by atoms with Gasteiger partial charge in [0.2, 0.25) is 0 Å². The molecule has 7 heteroatoms. The molecular formula is C35H35N3O4. The topological polar surface area (TPSA) is 72.4 Å². The van der Waals surface area contributed by atoms with E-state index >= 15 is 0 Å². The summed E-state index contributed by atoms with van der Waals surface area (Å²) in [5.74, 6) is -0.374. The van der Waals surface area contributed by atoms with Gasteiger partial charge in [-0.15, -0.1) is 0 Å². The zero-order valence-corrected chi connectivity index (χ0v) is 23.5. The molecular weight excluding hydrogens is 526 g/mol. The SMILES string of the molecule is O=C(C=Cc1ccc(C=NOCCN2CCOCC2)cc1)NOC(c1ccccc1)(c1ccccc1)c1ccccc1. The number of morpholine rings is 1. The molecule has 0 bridgehead atoms. The van der Waals surface area contributed by atoms with Gasteiger partial charge in [0.05, 0.1) is 19.4 Å². The lowest BCUT2D eigenvalue weighted by Gasteiger charge is -2.34. The van der Waals surface area contributed by atoms with Gasteiger partial charge in [-0.1, -0.05) is 120 Å². The summed E-state index contributed by atoms with van der Waals surface area (Å²) in [6.45, 7) is 4.78. The molecule has 0 radical (unpaired) electrons. The molecule has 0 unspecified atom stereocenters. The van der Waals surface area contributed by atoms with Crippen molar-refractivity contribution in [1.29, 1.82) is 0 Å². The van der Waals surface area contributed by atoms with Crippen LogP contribution >= 0.6 is 0 Å². The third-order valence-corrected chi connectivity index (χ3v) is 7.09. The van der Waals surface area contributed by atoms with Gasteiger partial charge in [-0.05, 0) is 33.9 Å². The molecule has 1 aliphatic rings. The van der Waals surface area contributed by atoms with Crippen molar-refractivity contribution in [2.45, 2.75) is 5.60 Å². The summed E-state index contributed by atoms with van der Waals surface area (Å²) < 4.78 is 5.36. The largest absolute Gasteiger partial charge is 0.394 e. The average Bonchev–Trinajstić information content (AvgIpc) is 3.06. The molecule has 4 aromatic rings. The fourth-order valence-corrected chi connectivity index (χ4v) is 4.87. The predicted octanol–water partition coefficient (Wildman–Crippen LogP) is 5.42. The Bertz CT molecular complexity index is 1340. The number of amides is 1. The van der Waals surface area contributed by atoms with E-state index < -0.39 is 5.60 Å². The number of benzene rings is 4. The molecule has 0 aromatic heterocycles. The molecule has 42 heavy (non-hydrogen) atoms. The van der Waals surface area contributed by atoms with E-state index in [4.69, 9.17) is 14.4 Å². The van der Waals surface area contributed by atoms with Gasteiger partial charge in [0.15, 0.2) is 5.60 Å². The van der Waals surface area contributed by atoms with Crippen LogP contribution in [0.25, 0.3) is 6.08 Å². The number of nitrogens with one attached hydrogen (secondary N) is 1. The number of carbonyl (C=O) groups is 1. The molecule has 5 rings (SSSR count). The second-order valence-corrected chi connectivity index (χ2v) is 9.87. The zero-order valence-electron chi connectivity index (χ0n) is 23.5. The van der Waals surface area contributed by atoms with Crippen LogP contribution in [0.4, 0.5) is 0 Å². The number of hydrogen-bond acceptors (Lipinski definition) is 6. The first-order valence-corrected chi connectivity index (χ1v) is 14.1. The zero-order chi connectivity index (χ0) is 28.9. The third-order valence-electron chi connectivity index (χ3n) is 7.09. The van der Waals surface area contributed by atoms with Crippen molar-refractivity contribution in [1.82, 2.24) is 10.4 Å². The van der Waals surface area contributed by atoms with Crippen LogP contribution in [-0.2, 0) is 24.8 Å². The highest BCUT2D eigenvalue weighted by atomic mass is 16.7. The summed E-state index contributed by atoms with van der Waals surface area (Å²) in [7, 11) is 0. The van der Waals surface area contributed by atoms with Gasteiger partial charge in [-0.3, -0.25) is 14.5 Å². The van der Waals surface area contributed by atoms with Gasteiger partial charge >= 0.3 is 0 Å². The molecule has 0 atom stereocenters. The van der Waals surface area contributed by atoms with Crippen molar-refractivity contribution in [2.75, 3.05) is 39.5 Å². The molecule has 214 valence electrons. The van der Waals surface area contributed by atoms with E-state index in [1.807, 2.05) is 115 Å². The maximum absolute atomic E-state index is 13.0. The minimum absolute atomic E-state index is 0.374. The van der Waals surface area contributed by atoms with E-state index in [9.17, 15) is 4.79 Å². The molecule has 1 heterocycles. The first kappa shape index (κ1) is 29.0. The summed E-state index contributed by atoms with van der Waals surface area (Å²) in [4.78, 5) is 27.0. The van der Waals surface area contributed by atoms with Gasteiger partial charge < -0.3 is 9.57 Å². The molecule has 1 N–H and O–H groups in total. The quantitative estimate of drug-likeness (QED) is 0.0822. The van der Waals surface area contributed by atoms with Crippen molar-refractivity contribution in [3.63, 3.8) is 0 Å².